The Bertz CT molecular complexity index is 494. The molecule has 0 heterocycles. The average Bonchev–Trinajstić information content (AvgIpc) is 2.55. The molecule has 0 radical (unpaired) electrons. The zero-order valence-corrected chi connectivity index (χ0v) is 16.0. The summed E-state index contributed by atoms with van der Waals surface area (Å²) >= 11 is 0. The second-order valence-electron chi connectivity index (χ2n) is 7.62. The van der Waals surface area contributed by atoms with Gasteiger partial charge in [0.05, 0.1) is 0 Å². The highest BCUT2D eigenvalue weighted by Gasteiger charge is 2.12. The fourth-order valence-electron chi connectivity index (χ4n) is 2.62. The molecule has 1 rings (SSSR count). The monoisotopic (exact) mass is 329 g/mol. The van der Waals surface area contributed by atoms with E-state index >= 15 is 0 Å². The van der Waals surface area contributed by atoms with Gasteiger partial charge in [0.15, 0.2) is 0 Å². The first kappa shape index (κ1) is 20.5. The molecule has 0 aromatic heterocycles. The zero-order chi connectivity index (χ0) is 17.8. The summed E-state index contributed by atoms with van der Waals surface area (Å²) in [6, 6.07) is 8.41. The standard InChI is InChI=1S/C22H35NO/c1-5-6-7-8-9-10-11-18-23-21(24)17-14-19-12-15-20(16-13-19)22(2,3)4/h12-17H,5-11,18H2,1-4H3,(H,23,24). The Morgan fingerprint density at radius 1 is 0.958 bits per heavy atom. The SMILES string of the molecule is CCCCCCCCCNC(=O)C=Cc1ccc(C(C)(C)C)cc1. The second kappa shape index (κ2) is 11.1. The number of benzene rings is 1. The van der Waals surface area contributed by atoms with Gasteiger partial charge in [0.25, 0.3) is 0 Å². The molecule has 0 aliphatic carbocycles. The van der Waals surface area contributed by atoms with Gasteiger partial charge in [-0.25, -0.2) is 0 Å². The van der Waals surface area contributed by atoms with E-state index in [2.05, 4.69) is 57.3 Å². The van der Waals surface area contributed by atoms with Crippen LogP contribution in [0.2, 0.25) is 0 Å². The molecule has 1 N–H and O–H groups in total. The molecule has 1 amide bonds. The largest absolute Gasteiger partial charge is 0.353 e. The van der Waals surface area contributed by atoms with Gasteiger partial charge in [0.2, 0.25) is 5.91 Å². The Hall–Kier alpha value is -1.57. The van der Waals surface area contributed by atoms with E-state index < -0.39 is 0 Å². The van der Waals surface area contributed by atoms with Crippen molar-refractivity contribution in [3.63, 3.8) is 0 Å². The van der Waals surface area contributed by atoms with E-state index in [4.69, 9.17) is 0 Å². The van der Waals surface area contributed by atoms with Gasteiger partial charge in [-0.1, -0.05) is 90.5 Å². The molecule has 0 spiro atoms. The maximum absolute atomic E-state index is 11.8. The maximum atomic E-state index is 11.8. The smallest absolute Gasteiger partial charge is 0.243 e. The van der Waals surface area contributed by atoms with Crippen LogP contribution in [-0.2, 0) is 10.2 Å². The summed E-state index contributed by atoms with van der Waals surface area (Å²) in [6.07, 6.45) is 12.4. The predicted molar refractivity (Wildman–Crippen MR) is 105 cm³/mol. The number of nitrogens with one attached hydrogen (secondary N) is 1. The fourth-order valence-corrected chi connectivity index (χ4v) is 2.62. The number of carbonyl (C=O) groups is 1. The van der Waals surface area contributed by atoms with Crippen LogP contribution in [0.4, 0.5) is 0 Å². The van der Waals surface area contributed by atoms with Gasteiger partial charge in [-0.3, -0.25) is 4.79 Å². The van der Waals surface area contributed by atoms with Gasteiger partial charge in [0, 0.05) is 12.6 Å². The van der Waals surface area contributed by atoms with Crippen molar-refractivity contribution >= 4 is 12.0 Å². The minimum atomic E-state index is 0.000816. The van der Waals surface area contributed by atoms with E-state index in [1.165, 1.54) is 44.1 Å². The first-order valence-corrected chi connectivity index (χ1v) is 9.50. The van der Waals surface area contributed by atoms with Crippen molar-refractivity contribution in [2.45, 2.75) is 78.1 Å². The second-order valence-corrected chi connectivity index (χ2v) is 7.62. The Balaban J connectivity index is 2.21. The normalized spacial score (nSPS) is 11.8. The number of rotatable bonds is 10. The van der Waals surface area contributed by atoms with Crippen molar-refractivity contribution in [1.82, 2.24) is 5.32 Å². The Morgan fingerprint density at radius 3 is 2.12 bits per heavy atom. The maximum Gasteiger partial charge on any atom is 0.243 e. The number of unbranched alkanes of at least 4 members (excludes halogenated alkanes) is 6. The van der Waals surface area contributed by atoms with Crippen LogP contribution in [0.15, 0.2) is 30.3 Å². The Morgan fingerprint density at radius 2 is 1.54 bits per heavy atom. The molecular formula is C22H35NO. The molecule has 2 nitrogen and oxygen atoms in total. The van der Waals surface area contributed by atoms with Crippen LogP contribution in [0.25, 0.3) is 6.08 Å². The summed E-state index contributed by atoms with van der Waals surface area (Å²) in [5.41, 5.74) is 2.54. The van der Waals surface area contributed by atoms with Crippen LogP contribution in [0.1, 0.15) is 83.8 Å². The molecule has 0 unspecified atom stereocenters. The Kier molecular flexibility index (Phi) is 9.44. The number of hydrogen-bond donors (Lipinski definition) is 1. The third-order valence-corrected chi connectivity index (χ3v) is 4.28. The van der Waals surface area contributed by atoms with Crippen molar-refractivity contribution in [1.29, 1.82) is 0 Å². The van der Waals surface area contributed by atoms with Crippen molar-refractivity contribution in [3.05, 3.63) is 41.5 Å². The van der Waals surface area contributed by atoms with Gasteiger partial charge in [-0.15, -0.1) is 0 Å². The summed E-state index contributed by atoms with van der Waals surface area (Å²) in [5.74, 6) is 0.000816. The van der Waals surface area contributed by atoms with Crippen molar-refractivity contribution in [3.8, 4) is 0 Å². The van der Waals surface area contributed by atoms with E-state index in [1.807, 2.05) is 6.08 Å². The number of hydrogen-bond acceptors (Lipinski definition) is 1. The lowest BCUT2D eigenvalue weighted by Gasteiger charge is -2.18. The van der Waals surface area contributed by atoms with Gasteiger partial charge in [0.1, 0.15) is 0 Å². The molecule has 0 aliphatic heterocycles. The van der Waals surface area contributed by atoms with E-state index in [1.54, 1.807) is 6.08 Å². The predicted octanol–water partition coefficient (Wildman–Crippen LogP) is 5.86. The van der Waals surface area contributed by atoms with Gasteiger partial charge < -0.3 is 5.32 Å². The molecular weight excluding hydrogens is 294 g/mol. The molecule has 134 valence electrons. The van der Waals surface area contributed by atoms with Gasteiger partial charge in [-0.05, 0) is 29.0 Å². The highest BCUT2D eigenvalue weighted by atomic mass is 16.1. The van der Waals surface area contributed by atoms with Crippen LogP contribution in [0, 0.1) is 0 Å². The summed E-state index contributed by atoms with van der Waals surface area (Å²) in [4.78, 5) is 11.8. The highest BCUT2D eigenvalue weighted by molar-refractivity contribution is 5.91. The summed E-state index contributed by atoms with van der Waals surface area (Å²) in [6.45, 7) is 9.63. The summed E-state index contributed by atoms with van der Waals surface area (Å²) < 4.78 is 0. The van der Waals surface area contributed by atoms with E-state index in [0.717, 1.165) is 18.5 Å². The lowest BCUT2D eigenvalue weighted by Crippen LogP contribution is -2.21. The third-order valence-electron chi connectivity index (χ3n) is 4.28. The van der Waals surface area contributed by atoms with Crippen LogP contribution in [-0.4, -0.2) is 12.5 Å². The van der Waals surface area contributed by atoms with Crippen molar-refractivity contribution < 1.29 is 4.79 Å². The van der Waals surface area contributed by atoms with Gasteiger partial charge in [-0.2, -0.15) is 0 Å². The minimum absolute atomic E-state index is 0.000816. The molecule has 0 saturated carbocycles. The first-order chi connectivity index (χ1) is 11.4. The molecule has 1 aromatic carbocycles. The third kappa shape index (κ3) is 8.90. The quantitative estimate of drug-likeness (QED) is 0.422. The van der Waals surface area contributed by atoms with E-state index in [-0.39, 0.29) is 11.3 Å². The molecule has 0 aliphatic rings. The van der Waals surface area contributed by atoms with Crippen LogP contribution < -0.4 is 5.32 Å². The lowest BCUT2D eigenvalue weighted by atomic mass is 9.87. The van der Waals surface area contributed by atoms with Crippen LogP contribution in [0.3, 0.4) is 0 Å². The van der Waals surface area contributed by atoms with E-state index in [0.29, 0.717) is 0 Å². The van der Waals surface area contributed by atoms with Crippen molar-refractivity contribution in [2.24, 2.45) is 0 Å². The first-order valence-electron chi connectivity index (χ1n) is 9.50. The molecule has 0 fully saturated rings. The Labute approximate surface area is 148 Å². The average molecular weight is 330 g/mol. The van der Waals surface area contributed by atoms with Gasteiger partial charge >= 0.3 is 0 Å². The number of amides is 1. The molecule has 1 aromatic rings. The fraction of sp³-hybridized carbons (Fsp3) is 0.591. The van der Waals surface area contributed by atoms with Crippen LogP contribution >= 0.6 is 0 Å². The lowest BCUT2D eigenvalue weighted by molar-refractivity contribution is -0.116. The van der Waals surface area contributed by atoms with Crippen LogP contribution in [0.5, 0.6) is 0 Å². The molecule has 2 heteroatoms. The molecule has 24 heavy (non-hydrogen) atoms. The molecule has 0 saturated heterocycles. The number of carbonyl (C=O) groups excluding carboxylic acids is 1. The molecule has 0 atom stereocenters. The zero-order valence-electron chi connectivity index (χ0n) is 16.0. The van der Waals surface area contributed by atoms with Crippen molar-refractivity contribution in [2.75, 3.05) is 6.54 Å². The minimum Gasteiger partial charge on any atom is -0.353 e. The summed E-state index contributed by atoms with van der Waals surface area (Å²) in [7, 11) is 0. The summed E-state index contributed by atoms with van der Waals surface area (Å²) in [5, 5.41) is 2.96. The molecule has 0 bridgehead atoms. The highest BCUT2D eigenvalue weighted by Crippen LogP contribution is 2.22. The topological polar surface area (TPSA) is 29.1 Å². The van der Waals surface area contributed by atoms with E-state index in [9.17, 15) is 4.79 Å².